The van der Waals surface area contributed by atoms with E-state index in [1.54, 1.807) is 0 Å². The molecule has 0 heterocycles. The first-order valence-electron chi connectivity index (χ1n) is 6.77. The number of rotatable bonds is 5. The smallest absolute Gasteiger partial charge is 0.0515 e. The lowest BCUT2D eigenvalue weighted by Gasteiger charge is -2.36. The van der Waals surface area contributed by atoms with E-state index in [0.29, 0.717) is 17.4 Å². The van der Waals surface area contributed by atoms with E-state index in [1.807, 2.05) is 18.2 Å². The Bertz CT molecular complexity index is 426. The van der Waals surface area contributed by atoms with Gasteiger partial charge in [-0.2, -0.15) is 0 Å². The van der Waals surface area contributed by atoms with Crippen molar-refractivity contribution < 1.29 is 10.2 Å². The second-order valence-corrected chi connectivity index (χ2v) is 6.90. The third-order valence-corrected chi connectivity index (χ3v) is 5.25. The van der Waals surface area contributed by atoms with Crippen LogP contribution in [0.1, 0.15) is 31.2 Å². The van der Waals surface area contributed by atoms with E-state index in [0.717, 1.165) is 22.9 Å². The highest BCUT2D eigenvalue weighted by atomic mass is 79.9. The van der Waals surface area contributed by atoms with E-state index >= 15 is 0 Å². The molecule has 0 radical (unpaired) electrons. The van der Waals surface area contributed by atoms with Gasteiger partial charge in [-0.05, 0) is 42.9 Å². The van der Waals surface area contributed by atoms with Crippen LogP contribution in [0.25, 0.3) is 0 Å². The molecule has 1 fully saturated rings. The van der Waals surface area contributed by atoms with Crippen molar-refractivity contribution in [3.63, 3.8) is 0 Å². The summed E-state index contributed by atoms with van der Waals surface area (Å²) in [7, 11) is 0. The second-order valence-electron chi connectivity index (χ2n) is 5.57. The Labute approximate surface area is 127 Å². The van der Waals surface area contributed by atoms with Gasteiger partial charge in [-0.25, -0.2) is 0 Å². The lowest BCUT2D eigenvalue weighted by Crippen LogP contribution is -2.39. The van der Waals surface area contributed by atoms with Crippen molar-refractivity contribution in [2.75, 3.05) is 13.2 Å². The molecule has 106 valence electrons. The number of hydrogen-bond acceptors (Lipinski definition) is 2. The molecular weight excluding hydrogens is 328 g/mol. The van der Waals surface area contributed by atoms with Gasteiger partial charge in [-0.1, -0.05) is 46.4 Å². The van der Waals surface area contributed by atoms with Crippen molar-refractivity contribution in [1.82, 2.24) is 0 Å². The van der Waals surface area contributed by atoms with Crippen LogP contribution < -0.4 is 0 Å². The molecule has 0 aliphatic heterocycles. The maximum atomic E-state index is 9.83. The molecule has 0 aromatic heterocycles. The predicted octanol–water partition coefficient (Wildman–Crippen LogP) is 3.81. The second kappa shape index (κ2) is 6.57. The summed E-state index contributed by atoms with van der Waals surface area (Å²) in [5.74, 6) is 0.391. The van der Waals surface area contributed by atoms with Crippen LogP contribution in [0.15, 0.2) is 22.7 Å². The molecule has 1 saturated carbocycles. The van der Waals surface area contributed by atoms with Gasteiger partial charge in [0, 0.05) is 14.9 Å². The summed E-state index contributed by atoms with van der Waals surface area (Å²) >= 11 is 9.66. The van der Waals surface area contributed by atoms with Crippen molar-refractivity contribution in [1.29, 1.82) is 0 Å². The highest BCUT2D eigenvalue weighted by Crippen LogP contribution is 2.42. The molecule has 19 heavy (non-hydrogen) atoms. The number of halogens is 2. The van der Waals surface area contributed by atoms with Crippen LogP contribution in [0.4, 0.5) is 0 Å². The van der Waals surface area contributed by atoms with Gasteiger partial charge in [0.1, 0.15) is 0 Å². The molecule has 0 unspecified atom stereocenters. The van der Waals surface area contributed by atoms with E-state index < -0.39 is 5.41 Å². The number of hydrogen-bond donors (Lipinski definition) is 2. The first-order chi connectivity index (χ1) is 9.11. The minimum atomic E-state index is -0.437. The molecule has 2 rings (SSSR count). The zero-order valence-electron chi connectivity index (χ0n) is 10.9. The molecule has 0 spiro atoms. The van der Waals surface area contributed by atoms with E-state index in [1.165, 1.54) is 12.8 Å². The van der Waals surface area contributed by atoms with Gasteiger partial charge < -0.3 is 10.2 Å². The zero-order chi connectivity index (χ0) is 13.9. The van der Waals surface area contributed by atoms with E-state index in [9.17, 15) is 10.2 Å². The summed E-state index contributed by atoms with van der Waals surface area (Å²) in [4.78, 5) is 0. The fourth-order valence-corrected chi connectivity index (χ4v) is 3.89. The van der Waals surface area contributed by atoms with Crippen LogP contribution in [0.5, 0.6) is 0 Å². The first-order valence-corrected chi connectivity index (χ1v) is 7.94. The lowest BCUT2D eigenvalue weighted by atomic mass is 9.71. The largest absolute Gasteiger partial charge is 0.396 e. The topological polar surface area (TPSA) is 40.5 Å². The van der Waals surface area contributed by atoms with Gasteiger partial charge in [0.05, 0.1) is 13.2 Å². The molecule has 1 aromatic carbocycles. The standard InChI is InChI=1S/C15H20BrClO2/c16-13-6-5-11(14(17)7-13)8-15(9-18,10-19)12-3-1-2-4-12/h5-7,12,18-19H,1-4,8-10H2. The van der Waals surface area contributed by atoms with Gasteiger partial charge in [0.25, 0.3) is 0 Å². The summed E-state index contributed by atoms with van der Waals surface area (Å²) in [6, 6.07) is 5.79. The number of benzene rings is 1. The molecule has 1 aliphatic carbocycles. The Morgan fingerprint density at radius 2 is 1.84 bits per heavy atom. The SMILES string of the molecule is OCC(CO)(Cc1ccc(Br)cc1Cl)C1CCCC1. The third-order valence-electron chi connectivity index (χ3n) is 4.41. The van der Waals surface area contributed by atoms with E-state index in [2.05, 4.69) is 15.9 Å². The van der Waals surface area contributed by atoms with Crippen molar-refractivity contribution in [2.24, 2.45) is 11.3 Å². The summed E-state index contributed by atoms with van der Waals surface area (Å²) < 4.78 is 0.945. The minimum Gasteiger partial charge on any atom is -0.396 e. The highest BCUT2D eigenvalue weighted by molar-refractivity contribution is 9.10. The normalized spacial score (nSPS) is 17.1. The van der Waals surface area contributed by atoms with Crippen LogP contribution >= 0.6 is 27.5 Å². The quantitative estimate of drug-likeness (QED) is 0.850. The molecule has 0 saturated heterocycles. The maximum Gasteiger partial charge on any atom is 0.0515 e. The van der Waals surface area contributed by atoms with Gasteiger partial charge in [-0.3, -0.25) is 0 Å². The van der Waals surface area contributed by atoms with Gasteiger partial charge >= 0.3 is 0 Å². The number of aliphatic hydroxyl groups excluding tert-OH is 2. The fourth-order valence-electron chi connectivity index (χ4n) is 3.15. The molecular formula is C15H20BrClO2. The summed E-state index contributed by atoms with van der Waals surface area (Å²) in [5.41, 5.74) is 0.563. The van der Waals surface area contributed by atoms with Crippen LogP contribution in [0.2, 0.25) is 5.02 Å². The van der Waals surface area contributed by atoms with Crippen molar-refractivity contribution >= 4 is 27.5 Å². The van der Waals surface area contributed by atoms with Crippen molar-refractivity contribution in [2.45, 2.75) is 32.1 Å². The van der Waals surface area contributed by atoms with Gasteiger partial charge in [0.2, 0.25) is 0 Å². The Hall–Kier alpha value is -0.0900. The van der Waals surface area contributed by atoms with Gasteiger partial charge in [0.15, 0.2) is 0 Å². The summed E-state index contributed by atoms with van der Waals surface area (Å²) in [5, 5.41) is 20.4. The lowest BCUT2D eigenvalue weighted by molar-refractivity contribution is 0.00572. The van der Waals surface area contributed by atoms with Crippen LogP contribution in [0.3, 0.4) is 0 Å². The Kier molecular flexibility index (Phi) is 5.29. The average Bonchev–Trinajstić information content (AvgIpc) is 2.93. The van der Waals surface area contributed by atoms with Crippen LogP contribution in [-0.2, 0) is 6.42 Å². The van der Waals surface area contributed by atoms with E-state index in [-0.39, 0.29) is 13.2 Å². The van der Waals surface area contributed by atoms with Gasteiger partial charge in [-0.15, -0.1) is 0 Å². The summed E-state index contributed by atoms with van der Waals surface area (Å²) in [6.45, 7) is 0.0289. The molecule has 2 N–H and O–H groups in total. The molecule has 2 nitrogen and oxygen atoms in total. The highest BCUT2D eigenvalue weighted by Gasteiger charge is 2.39. The summed E-state index contributed by atoms with van der Waals surface area (Å²) in [6.07, 6.45) is 5.21. The van der Waals surface area contributed by atoms with Crippen LogP contribution in [0, 0.1) is 11.3 Å². The number of aliphatic hydroxyl groups is 2. The molecule has 4 heteroatoms. The average molecular weight is 348 g/mol. The van der Waals surface area contributed by atoms with Crippen LogP contribution in [-0.4, -0.2) is 23.4 Å². The molecule has 1 aromatic rings. The maximum absolute atomic E-state index is 9.83. The molecule has 0 amide bonds. The predicted molar refractivity (Wildman–Crippen MR) is 81.4 cm³/mol. The monoisotopic (exact) mass is 346 g/mol. The minimum absolute atomic E-state index is 0.0144. The fraction of sp³-hybridized carbons (Fsp3) is 0.600. The van der Waals surface area contributed by atoms with Crippen molar-refractivity contribution in [3.8, 4) is 0 Å². The Morgan fingerprint density at radius 3 is 2.37 bits per heavy atom. The third kappa shape index (κ3) is 3.33. The Morgan fingerprint density at radius 1 is 1.21 bits per heavy atom. The first kappa shape index (κ1) is 15.3. The molecule has 0 atom stereocenters. The van der Waals surface area contributed by atoms with E-state index in [4.69, 9.17) is 11.6 Å². The zero-order valence-corrected chi connectivity index (χ0v) is 13.3. The van der Waals surface area contributed by atoms with Crippen molar-refractivity contribution in [3.05, 3.63) is 33.3 Å². The Balaban J connectivity index is 2.24. The molecule has 0 bridgehead atoms. The molecule has 1 aliphatic rings.